The van der Waals surface area contributed by atoms with E-state index in [-0.39, 0.29) is 11.1 Å². The summed E-state index contributed by atoms with van der Waals surface area (Å²) < 4.78 is 19.3. The Hall–Kier alpha value is -1.44. The van der Waals surface area contributed by atoms with Crippen LogP contribution in [0.15, 0.2) is 18.2 Å². The summed E-state index contributed by atoms with van der Waals surface area (Å²) in [6.07, 6.45) is 0. The molecule has 2 atom stereocenters. The average molecular weight is 231 g/mol. The number of phenolic OH excluding ortho intramolecular Hbond substituents is 1. The molecule has 1 rings (SSSR count). The molecule has 0 bridgehead atoms. The van der Waals surface area contributed by atoms with Crippen molar-refractivity contribution in [3.05, 3.63) is 29.3 Å². The molecule has 5 N–H and O–H groups in total. The van der Waals surface area contributed by atoms with Crippen LogP contribution in [0, 0.1) is 0 Å². The van der Waals surface area contributed by atoms with Crippen molar-refractivity contribution in [2.24, 2.45) is 5.73 Å². The molecule has 0 radical (unpaired) electrons. The third-order valence-electron chi connectivity index (χ3n) is 1.80. The number of carboxylic acids is 1. The van der Waals surface area contributed by atoms with Gasteiger partial charge >= 0.3 is 5.97 Å². The van der Waals surface area contributed by atoms with Gasteiger partial charge in [-0.15, -0.1) is 0 Å². The monoisotopic (exact) mass is 231 g/mol. The highest BCUT2D eigenvalue weighted by Crippen LogP contribution is 2.25. The highest BCUT2D eigenvalue weighted by Gasteiger charge is 2.17. The van der Waals surface area contributed by atoms with Gasteiger partial charge in [-0.3, -0.25) is 0 Å². The van der Waals surface area contributed by atoms with Gasteiger partial charge < -0.3 is 20.5 Å². The van der Waals surface area contributed by atoms with Gasteiger partial charge in [0.25, 0.3) is 0 Å². The molecule has 0 amide bonds. The lowest BCUT2D eigenvalue weighted by molar-refractivity contribution is 0.0696. The maximum atomic E-state index is 10.6. The second-order valence-electron chi connectivity index (χ2n) is 2.78. The molecule has 1 aromatic carbocycles. The molecule has 0 saturated carbocycles. The van der Waals surface area contributed by atoms with E-state index < -0.39 is 28.2 Å². The smallest absolute Gasteiger partial charge is 0.335 e. The molecule has 7 heteroatoms. The predicted octanol–water partition coefficient (Wildman–Crippen LogP) is 0.269. The van der Waals surface area contributed by atoms with Crippen LogP contribution in [-0.4, -0.2) is 24.9 Å². The van der Waals surface area contributed by atoms with Gasteiger partial charge in [0, 0.05) is 5.56 Å². The summed E-state index contributed by atoms with van der Waals surface area (Å²) in [7, 11) is 0. The highest BCUT2D eigenvalue weighted by molar-refractivity contribution is 7.79. The molecule has 0 aliphatic carbocycles. The van der Waals surface area contributed by atoms with Crippen molar-refractivity contribution < 1.29 is 23.8 Å². The summed E-state index contributed by atoms with van der Waals surface area (Å²) in [5.41, 5.74) is 5.22. The minimum atomic E-state index is -2.32. The molecule has 0 aromatic heterocycles. The van der Waals surface area contributed by atoms with Crippen molar-refractivity contribution in [3.8, 4) is 5.75 Å². The molecule has 6 nitrogen and oxygen atoms in total. The fourth-order valence-electron chi connectivity index (χ4n) is 1.03. The van der Waals surface area contributed by atoms with E-state index in [1.807, 2.05) is 0 Å². The fraction of sp³-hybridized carbons (Fsp3) is 0.125. The van der Waals surface area contributed by atoms with E-state index in [9.17, 15) is 14.1 Å². The molecule has 0 spiro atoms. The van der Waals surface area contributed by atoms with E-state index in [0.29, 0.717) is 0 Å². The van der Waals surface area contributed by atoms with Gasteiger partial charge in [-0.2, -0.15) is 0 Å². The van der Waals surface area contributed by atoms with E-state index in [1.54, 1.807) is 0 Å². The Morgan fingerprint density at radius 3 is 2.47 bits per heavy atom. The third kappa shape index (κ3) is 2.52. The minimum Gasteiger partial charge on any atom is -0.508 e. The van der Waals surface area contributed by atoms with Gasteiger partial charge in [0.2, 0.25) is 0 Å². The second kappa shape index (κ2) is 4.39. The number of nitrogens with two attached hydrogens (primary N) is 1. The van der Waals surface area contributed by atoms with Crippen molar-refractivity contribution in [1.29, 1.82) is 0 Å². The lowest BCUT2D eigenvalue weighted by Gasteiger charge is -2.09. The Labute approximate surface area is 87.6 Å². The Kier molecular flexibility index (Phi) is 3.40. The van der Waals surface area contributed by atoms with Crippen molar-refractivity contribution >= 4 is 17.0 Å². The van der Waals surface area contributed by atoms with E-state index in [1.165, 1.54) is 12.1 Å². The molecule has 1 aromatic rings. The highest BCUT2D eigenvalue weighted by atomic mass is 32.2. The number of phenols is 1. The van der Waals surface area contributed by atoms with E-state index >= 15 is 0 Å². The zero-order valence-electron chi connectivity index (χ0n) is 7.45. The maximum absolute atomic E-state index is 10.6. The first-order chi connectivity index (χ1) is 6.93. The first-order valence-corrected chi connectivity index (χ1v) is 5.02. The van der Waals surface area contributed by atoms with Crippen LogP contribution in [0.1, 0.15) is 21.3 Å². The standard InChI is InChI=1S/C8H9NO5S/c9-7(15(13)14)5-2-1-4(8(11)12)3-6(5)10/h1-3,7,10H,9H2,(H,11,12)(H,13,14). The molecular formula is C8H9NO5S. The lowest BCUT2D eigenvalue weighted by atomic mass is 10.1. The van der Waals surface area contributed by atoms with E-state index in [4.69, 9.17) is 15.4 Å². The van der Waals surface area contributed by atoms with Crippen LogP contribution >= 0.6 is 0 Å². The topological polar surface area (TPSA) is 121 Å². The van der Waals surface area contributed by atoms with E-state index in [2.05, 4.69) is 0 Å². The first-order valence-electron chi connectivity index (χ1n) is 3.85. The number of aromatic carboxylic acids is 1. The van der Waals surface area contributed by atoms with Crippen molar-refractivity contribution in [3.63, 3.8) is 0 Å². The number of carbonyl (C=O) groups is 1. The predicted molar refractivity (Wildman–Crippen MR) is 52.8 cm³/mol. The molecule has 0 heterocycles. The molecule has 0 aliphatic heterocycles. The summed E-state index contributed by atoms with van der Waals surface area (Å²) >= 11 is -2.32. The normalized spacial score (nSPS) is 14.5. The zero-order chi connectivity index (χ0) is 11.6. The number of aromatic hydroxyl groups is 1. The number of hydrogen-bond acceptors (Lipinski definition) is 4. The van der Waals surface area contributed by atoms with Crippen LogP contribution < -0.4 is 5.73 Å². The summed E-state index contributed by atoms with van der Waals surface area (Å²) in [4.78, 5) is 10.5. The van der Waals surface area contributed by atoms with Crippen molar-refractivity contribution in [2.75, 3.05) is 0 Å². The quantitative estimate of drug-likeness (QED) is 0.554. The van der Waals surface area contributed by atoms with Crippen LogP contribution in [0.2, 0.25) is 0 Å². The molecule has 0 saturated heterocycles. The van der Waals surface area contributed by atoms with Gasteiger partial charge in [0.15, 0.2) is 11.1 Å². The minimum absolute atomic E-state index is 0.0285. The zero-order valence-corrected chi connectivity index (χ0v) is 8.27. The molecule has 15 heavy (non-hydrogen) atoms. The largest absolute Gasteiger partial charge is 0.508 e. The number of rotatable bonds is 3. The fourth-order valence-corrected chi connectivity index (χ4v) is 1.44. The van der Waals surface area contributed by atoms with Crippen LogP contribution in [-0.2, 0) is 11.1 Å². The average Bonchev–Trinajstić information content (AvgIpc) is 2.16. The Morgan fingerprint density at radius 2 is 2.07 bits per heavy atom. The van der Waals surface area contributed by atoms with Crippen LogP contribution in [0.4, 0.5) is 0 Å². The van der Waals surface area contributed by atoms with Gasteiger partial charge in [0.1, 0.15) is 11.1 Å². The summed E-state index contributed by atoms with van der Waals surface area (Å²) in [6.45, 7) is 0. The van der Waals surface area contributed by atoms with Crippen molar-refractivity contribution in [1.82, 2.24) is 0 Å². The molecule has 0 aliphatic rings. The van der Waals surface area contributed by atoms with Crippen LogP contribution in [0.5, 0.6) is 5.75 Å². The summed E-state index contributed by atoms with van der Waals surface area (Å²) in [6, 6.07) is 3.38. The molecule has 82 valence electrons. The summed E-state index contributed by atoms with van der Waals surface area (Å²) in [5, 5.41) is 16.7. The second-order valence-corrected chi connectivity index (χ2v) is 3.84. The summed E-state index contributed by atoms with van der Waals surface area (Å²) in [5.74, 6) is -1.61. The number of carboxylic acid groups (broad SMARTS) is 1. The Morgan fingerprint density at radius 1 is 1.47 bits per heavy atom. The number of benzene rings is 1. The maximum Gasteiger partial charge on any atom is 0.335 e. The van der Waals surface area contributed by atoms with Gasteiger partial charge in [0.05, 0.1) is 5.56 Å². The van der Waals surface area contributed by atoms with Crippen LogP contribution in [0.3, 0.4) is 0 Å². The van der Waals surface area contributed by atoms with Gasteiger partial charge in [-0.25, -0.2) is 9.00 Å². The first kappa shape index (κ1) is 11.6. The lowest BCUT2D eigenvalue weighted by Crippen LogP contribution is -2.16. The third-order valence-corrected chi connectivity index (χ3v) is 2.49. The van der Waals surface area contributed by atoms with Gasteiger partial charge in [-0.1, -0.05) is 6.07 Å². The molecular weight excluding hydrogens is 222 g/mol. The molecule has 0 fully saturated rings. The van der Waals surface area contributed by atoms with E-state index in [0.717, 1.165) is 6.07 Å². The number of hydrogen-bond donors (Lipinski definition) is 4. The van der Waals surface area contributed by atoms with Gasteiger partial charge in [-0.05, 0) is 12.1 Å². The SMILES string of the molecule is NC(c1ccc(C(=O)O)cc1O)S(=O)O. The Balaban J connectivity index is 3.13. The molecule has 2 unspecified atom stereocenters. The van der Waals surface area contributed by atoms with Crippen molar-refractivity contribution in [2.45, 2.75) is 5.37 Å². The Bertz CT molecular complexity index is 419. The van der Waals surface area contributed by atoms with Crippen LogP contribution in [0.25, 0.3) is 0 Å².